The standard InChI is InChI=1S/C11H15N3/c1-3-11-13-8(2)10-6-4-5-9(7-12)14(10)11/h4-6H,3,7,12H2,1-2H3. The summed E-state index contributed by atoms with van der Waals surface area (Å²) in [6, 6.07) is 6.17. The molecule has 2 N–H and O–H groups in total. The van der Waals surface area contributed by atoms with Crippen LogP contribution >= 0.6 is 0 Å². The summed E-state index contributed by atoms with van der Waals surface area (Å²) in [5, 5.41) is 0. The Morgan fingerprint density at radius 3 is 2.86 bits per heavy atom. The van der Waals surface area contributed by atoms with Gasteiger partial charge in [0.05, 0.1) is 11.2 Å². The maximum atomic E-state index is 5.70. The molecule has 14 heavy (non-hydrogen) atoms. The molecule has 0 atom stereocenters. The second kappa shape index (κ2) is 3.42. The van der Waals surface area contributed by atoms with E-state index in [0.29, 0.717) is 6.54 Å². The molecule has 0 aromatic carbocycles. The van der Waals surface area contributed by atoms with Crippen molar-refractivity contribution in [3.05, 3.63) is 35.4 Å². The number of rotatable bonds is 2. The summed E-state index contributed by atoms with van der Waals surface area (Å²) in [5.41, 5.74) is 9.08. The van der Waals surface area contributed by atoms with Crippen molar-refractivity contribution in [2.75, 3.05) is 0 Å². The first kappa shape index (κ1) is 9.21. The summed E-state index contributed by atoms with van der Waals surface area (Å²) >= 11 is 0. The van der Waals surface area contributed by atoms with Gasteiger partial charge >= 0.3 is 0 Å². The van der Waals surface area contributed by atoms with Gasteiger partial charge in [-0.2, -0.15) is 0 Å². The molecule has 0 bridgehead atoms. The van der Waals surface area contributed by atoms with Crippen LogP contribution in [0.15, 0.2) is 18.2 Å². The Morgan fingerprint density at radius 1 is 1.43 bits per heavy atom. The van der Waals surface area contributed by atoms with Gasteiger partial charge in [-0.15, -0.1) is 0 Å². The molecular formula is C11H15N3. The maximum Gasteiger partial charge on any atom is 0.113 e. The second-order valence-electron chi connectivity index (χ2n) is 3.41. The molecule has 0 saturated carbocycles. The summed E-state index contributed by atoms with van der Waals surface area (Å²) in [5.74, 6) is 1.10. The summed E-state index contributed by atoms with van der Waals surface area (Å²) < 4.78 is 2.16. The monoisotopic (exact) mass is 189 g/mol. The van der Waals surface area contributed by atoms with Crippen molar-refractivity contribution in [2.45, 2.75) is 26.8 Å². The largest absolute Gasteiger partial charge is 0.325 e. The van der Waals surface area contributed by atoms with Gasteiger partial charge in [0.25, 0.3) is 0 Å². The van der Waals surface area contributed by atoms with E-state index in [1.54, 1.807) is 0 Å². The Morgan fingerprint density at radius 2 is 2.21 bits per heavy atom. The second-order valence-corrected chi connectivity index (χ2v) is 3.41. The van der Waals surface area contributed by atoms with Gasteiger partial charge in [0.1, 0.15) is 5.82 Å². The summed E-state index contributed by atoms with van der Waals surface area (Å²) in [7, 11) is 0. The first-order chi connectivity index (χ1) is 6.77. The lowest BCUT2D eigenvalue weighted by atomic mass is 10.3. The van der Waals surface area contributed by atoms with Gasteiger partial charge < -0.3 is 5.73 Å². The molecule has 2 heterocycles. The molecule has 0 aliphatic heterocycles. The van der Waals surface area contributed by atoms with Crippen molar-refractivity contribution in [3.8, 4) is 0 Å². The molecule has 0 aliphatic carbocycles. The number of hydrogen-bond donors (Lipinski definition) is 1. The highest BCUT2D eigenvalue weighted by Crippen LogP contribution is 2.15. The third kappa shape index (κ3) is 1.21. The minimum absolute atomic E-state index is 0.556. The SMILES string of the molecule is CCc1nc(C)c2cccc(CN)n12. The van der Waals surface area contributed by atoms with Crippen molar-refractivity contribution >= 4 is 5.52 Å². The van der Waals surface area contributed by atoms with Crippen molar-refractivity contribution in [1.29, 1.82) is 0 Å². The predicted molar refractivity (Wildman–Crippen MR) is 57.2 cm³/mol. The van der Waals surface area contributed by atoms with Crippen LogP contribution in [-0.2, 0) is 13.0 Å². The Bertz CT molecular complexity index is 457. The molecule has 3 heteroatoms. The van der Waals surface area contributed by atoms with Gasteiger partial charge in [-0.05, 0) is 19.1 Å². The Labute approximate surface area is 83.6 Å². The topological polar surface area (TPSA) is 43.3 Å². The minimum atomic E-state index is 0.556. The Hall–Kier alpha value is -1.35. The molecular weight excluding hydrogens is 174 g/mol. The Balaban J connectivity index is 2.82. The number of hydrogen-bond acceptors (Lipinski definition) is 2. The van der Waals surface area contributed by atoms with E-state index in [2.05, 4.69) is 22.4 Å². The molecule has 0 saturated heterocycles. The lowest BCUT2D eigenvalue weighted by molar-refractivity contribution is 0.862. The molecule has 0 spiro atoms. The van der Waals surface area contributed by atoms with Crippen LogP contribution in [-0.4, -0.2) is 9.38 Å². The van der Waals surface area contributed by atoms with Crippen LogP contribution in [0.25, 0.3) is 5.52 Å². The average Bonchev–Trinajstić information content (AvgIpc) is 2.56. The van der Waals surface area contributed by atoms with Gasteiger partial charge in [0.2, 0.25) is 0 Å². The summed E-state index contributed by atoms with van der Waals surface area (Å²) in [6.45, 7) is 4.70. The molecule has 0 unspecified atom stereocenters. The third-order valence-corrected chi connectivity index (χ3v) is 2.52. The predicted octanol–water partition coefficient (Wildman–Crippen LogP) is 1.66. The number of nitrogens with two attached hydrogens (primary N) is 1. The first-order valence-electron chi connectivity index (χ1n) is 4.93. The van der Waals surface area contributed by atoms with E-state index >= 15 is 0 Å². The highest BCUT2D eigenvalue weighted by atomic mass is 15.0. The summed E-state index contributed by atoms with van der Waals surface area (Å²) in [6.07, 6.45) is 0.937. The Kier molecular flexibility index (Phi) is 2.25. The van der Waals surface area contributed by atoms with Crippen molar-refractivity contribution in [3.63, 3.8) is 0 Å². The molecule has 2 rings (SSSR count). The van der Waals surface area contributed by atoms with E-state index in [-0.39, 0.29) is 0 Å². The molecule has 3 nitrogen and oxygen atoms in total. The number of aryl methyl sites for hydroxylation is 2. The lowest BCUT2D eigenvalue weighted by Crippen LogP contribution is -2.05. The fourth-order valence-electron chi connectivity index (χ4n) is 1.84. The highest BCUT2D eigenvalue weighted by Gasteiger charge is 2.08. The van der Waals surface area contributed by atoms with Crippen LogP contribution in [0, 0.1) is 6.92 Å². The number of imidazole rings is 1. The van der Waals surface area contributed by atoms with E-state index in [4.69, 9.17) is 5.73 Å². The number of nitrogens with zero attached hydrogens (tertiary/aromatic N) is 2. The summed E-state index contributed by atoms with van der Waals surface area (Å²) in [4.78, 5) is 4.52. The van der Waals surface area contributed by atoms with Gasteiger partial charge in [-0.1, -0.05) is 13.0 Å². The molecule has 0 amide bonds. The van der Waals surface area contributed by atoms with E-state index in [0.717, 1.165) is 23.6 Å². The van der Waals surface area contributed by atoms with Crippen LogP contribution in [0.1, 0.15) is 24.1 Å². The first-order valence-corrected chi connectivity index (χ1v) is 4.93. The molecule has 74 valence electrons. The zero-order chi connectivity index (χ0) is 10.1. The van der Waals surface area contributed by atoms with E-state index in [1.165, 1.54) is 5.52 Å². The minimum Gasteiger partial charge on any atom is -0.325 e. The molecule has 2 aromatic rings. The van der Waals surface area contributed by atoms with E-state index in [9.17, 15) is 0 Å². The van der Waals surface area contributed by atoms with Crippen LogP contribution in [0.5, 0.6) is 0 Å². The van der Waals surface area contributed by atoms with Gasteiger partial charge in [0.15, 0.2) is 0 Å². The fraction of sp³-hybridized carbons (Fsp3) is 0.364. The quantitative estimate of drug-likeness (QED) is 0.780. The van der Waals surface area contributed by atoms with Gasteiger partial charge in [-0.3, -0.25) is 4.40 Å². The van der Waals surface area contributed by atoms with Crippen LogP contribution < -0.4 is 5.73 Å². The molecule has 0 aliphatic rings. The smallest absolute Gasteiger partial charge is 0.113 e. The average molecular weight is 189 g/mol. The van der Waals surface area contributed by atoms with Crippen molar-refractivity contribution < 1.29 is 0 Å². The van der Waals surface area contributed by atoms with E-state index < -0.39 is 0 Å². The van der Waals surface area contributed by atoms with Crippen LogP contribution in [0.2, 0.25) is 0 Å². The van der Waals surface area contributed by atoms with Crippen LogP contribution in [0.3, 0.4) is 0 Å². The van der Waals surface area contributed by atoms with Crippen molar-refractivity contribution in [2.24, 2.45) is 5.73 Å². The van der Waals surface area contributed by atoms with Crippen molar-refractivity contribution in [1.82, 2.24) is 9.38 Å². The molecule has 2 aromatic heterocycles. The van der Waals surface area contributed by atoms with Gasteiger partial charge in [-0.25, -0.2) is 4.98 Å². The van der Waals surface area contributed by atoms with Crippen LogP contribution in [0.4, 0.5) is 0 Å². The fourth-order valence-corrected chi connectivity index (χ4v) is 1.84. The zero-order valence-corrected chi connectivity index (χ0v) is 8.62. The molecule has 0 fully saturated rings. The molecule has 0 radical (unpaired) electrons. The number of aromatic nitrogens is 2. The normalized spacial score (nSPS) is 11.1. The third-order valence-electron chi connectivity index (χ3n) is 2.52. The van der Waals surface area contributed by atoms with Gasteiger partial charge in [0, 0.05) is 18.7 Å². The number of fused-ring (bicyclic) bond motifs is 1. The van der Waals surface area contributed by atoms with E-state index in [1.807, 2.05) is 19.1 Å². The highest BCUT2D eigenvalue weighted by molar-refractivity contribution is 5.53. The lowest BCUT2D eigenvalue weighted by Gasteiger charge is -2.04. The zero-order valence-electron chi connectivity index (χ0n) is 8.62. The maximum absolute atomic E-state index is 5.70. The number of pyridine rings is 1.